The number of carbonyl (C=O) groups excluding carboxylic acids is 1. The summed E-state index contributed by atoms with van der Waals surface area (Å²) in [7, 11) is 0. The molecule has 2 aliphatic carbocycles. The SMILES string of the molecule is O=C1CCC2C1C=CC21SCCCS1. The van der Waals surface area contributed by atoms with Crippen LogP contribution in [0.25, 0.3) is 0 Å². The molecule has 0 aromatic carbocycles. The van der Waals surface area contributed by atoms with Crippen molar-refractivity contribution in [1.29, 1.82) is 0 Å². The van der Waals surface area contributed by atoms with Gasteiger partial charge in [-0.3, -0.25) is 4.79 Å². The molecule has 0 aromatic heterocycles. The lowest BCUT2D eigenvalue weighted by molar-refractivity contribution is -0.119. The smallest absolute Gasteiger partial charge is 0.140 e. The van der Waals surface area contributed by atoms with Gasteiger partial charge in [0.25, 0.3) is 0 Å². The fourth-order valence-corrected chi connectivity index (χ4v) is 6.34. The predicted octanol–water partition coefficient (Wildman–Crippen LogP) is 2.72. The Morgan fingerprint density at radius 2 is 2.14 bits per heavy atom. The maximum absolute atomic E-state index is 11.6. The van der Waals surface area contributed by atoms with Crippen LogP contribution in [-0.4, -0.2) is 21.4 Å². The Morgan fingerprint density at radius 1 is 1.36 bits per heavy atom. The van der Waals surface area contributed by atoms with Gasteiger partial charge in [0.2, 0.25) is 0 Å². The molecule has 1 nitrogen and oxygen atoms in total. The molecule has 2 fully saturated rings. The van der Waals surface area contributed by atoms with E-state index in [9.17, 15) is 4.79 Å². The lowest BCUT2D eigenvalue weighted by atomic mass is 9.99. The number of fused-ring (bicyclic) bond motifs is 2. The first kappa shape index (κ1) is 9.34. The van der Waals surface area contributed by atoms with Crippen molar-refractivity contribution in [2.45, 2.75) is 23.3 Å². The van der Waals surface area contributed by atoms with E-state index in [1.165, 1.54) is 17.9 Å². The Kier molecular flexibility index (Phi) is 2.21. The summed E-state index contributed by atoms with van der Waals surface area (Å²) in [5.74, 6) is 3.91. The maximum Gasteiger partial charge on any atom is 0.140 e. The number of Topliss-reactive ketones (excluding diaryl/α,β-unsaturated/α-hetero) is 1. The van der Waals surface area contributed by atoms with Crippen molar-refractivity contribution < 1.29 is 4.79 Å². The van der Waals surface area contributed by atoms with E-state index < -0.39 is 0 Å². The second-order valence-electron chi connectivity index (χ2n) is 4.27. The highest BCUT2D eigenvalue weighted by Gasteiger charge is 2.51. The second-order valence-corrected chi connectivity index (χ2v) is 7.27. The number of hydrogen-bond donors (Lipinski definition) is 0. The van der Waals surface area contributed by atoms with Gasteiger partial charge in [-0.15, -0.1) is 23.5 Å². The molecule has 0 bridgehead atoms. The summed E-state index contributed by atoms with van der Waals surface area (Å²) in [4.78, 5) is 11.6. The third-order valence-corrected chi connectivity index (χ3v) is 6.98. The van der Waals surface area contributed by atoms with Gasteiger partial charge in [-0.2, -0.15) is 0 Å². The molecular formula is C11H14OS2. The average Bonchev–Trinajstić information content (AvgIpc) is 2.73. The molecule has 2 unspecified atom stereocenters. The first-order valence-electron chi connectivity index (χ1n) is 5.32. The summed E-state index contributed by atoms with van der Waals surface area (Å²) in [6.07, 6.45) is 7.79. The van der Waals surface area contributed by atoms with Crippen molar-refractivity contribution in [1.82, 2.24) is 0 Å². The van der Waals surface area contributed by atoms with Crippen LogP contribution in [0.4, 0.5) is 0 Å². The van der Waals surface area contributed by atoms with Crippen molar-refractivity contribution in [2.75, 3.05) is 11.5 Å². The lowest BCUT2D eigenvalue weighted by Crippen LogP contribution is -2.30. The van der Waals surface area contributed by atoms with E-state index in [-0.39, 0.29) is 10.00 Å². The Labute approximate surface area is 93.1 Å². The molecule has 1 saturated carbocycles. The molecular weight excluding hydrogens is 212 g/mol. The molecule has 76 valence electrons. The minimum Gasteiger partial charge on any atom is -0.299 e. The van der Waals surface area contributed by atoms with E-state index in [2.05, 4.69) is 35.7 Å². The van der Waals surface area contributed by atoms with Gasteiger partial charge in [0.15, 0.2) is 0 Å². The van der Waals surface area contributed by atoms with Crippen LogP contribution < -0.4 is 0 Å². The first-order chi connectivity index (χ1) is 6.82. The number of carbonyl (C=O) groups is 1. The summed E-state index contributed by atoms with van der Waals surface area (Å²) in [6, 6.07) is 0. The predicted molar refractivity (Wildman–Crippen MR) is 62.6 cm³/mol. The van der Waals surface area contributed by atoms with Crippen molar-refractivity contribution in [2.24, 2.45) is 11.8 Å². The van der Waals surface area contributed by atoms with Crippen LogP contribution in [0.15, 0.2) is 12.2 Å². The lowest BCUT2D eigenvalue weighted by Gasteiger charge is -2.36. The highest BCUT2D eigenvalue weighted by Crippen LogP contribution is 2.58. The van der Waals surface area contributed by atoms with Gasteiger partial charge in [-0.1, -0.05) is 12.2 Å². The summed E-state index contributed by atoms with van der Waals surface area (Å²) in [5, 5.41) is 0. The largest absolute Gasteiger partial charge is 0.299 e. The standard InChI is InChI=1S/C11H14OS2/c12-10-3-2-9-8(10)4-5-11(9)13-6-1-7-14-11/h4-5,8-9H,1-3,6-7H2. The van der Waals surface area contributed by atoms with Gasteiger partial charge in [0.05, 0.1) is 4.08 Å². The average molecular weight is 226 g/mol. The normalized spacial score (nSPS) is 39.3. The molecule has 1 aliphatic heterocycles. The van der Waals surface area contributed by atoms with Gasteiger partial charge in [0.1, 0.15) is 5.78 Å². The van der Waals surface area contributed by atoms with Crippen LogP contribution in [0.1, 0.15) is 19.3 Å². The highest BCUT2D eigenvalue weighted by molar-refractivity contribution is 8.19. The fourth-order valence-electron chi connectivity index (χ4n) is 2.80. The third kappa shape index (κ3) is 1.21. The van der Waals surface area contributed by atoms with E-state index >= 15 is 0 Å². The molecule has 3 aliphatic rings. The van der Waals surface area contributed by atoms with Crippen LogP contribution in [0.5, 0.6) is 0 Å². The number of ketones is 1. The zero-order valence-corrected chi connectivity index (χ0v) is 9.70. The molecule has 0 amide bonds. The summed E-state index contributed by atoms with van der Waals surface area (Å²) in [5.41, 5.74) is 0. The zero-order chi connectivity index (χ0) is 9.60. The Morgan fingerprint density at radius 3 is 2.93 bits per heavy atom. The monoisotopic (exact) mass is 226 g/mol. The maximum atomic E-state index is 11.6. The van der Waals surface area contributed by atoms with Crippen LogP contribution in [0.3, 0.4) is 0 Å². The molecule has 1 spiro atoms. The first-order valence-corrected chi connectivity index (χ1v) is 7.29. The van der Waals surface area contributed by atoms with Crippen LogP contribution in [0, 0.1) is 11.8 Å². The molecule has 0 N–H and O–H groups in total. The summed E-state index contributed by atoms with van der Waals surface area (Å²) < 4.78 is 0.287. The highest BCUT2D eigenvalue weighted by atomic mass is 32.2. The van der Waals surface area contributed by atoms with Gasteiger partial charge in [0, 0.05) is 12.3 Å². The molecule has 3 heteroatoms. The van der Waals surface area contributed by atoms with Crippen molar-refractivity contribution in [3.05, 3.63) is 12.2 Å². The molecule has 2 atom stereocenters. The molecule has 0 aromatic rings. The number of allylic oxidation sites excluding steroid dienone is 1. The van der Waals surface area contributed by atoms with E-state index in [0.717, 1.165) is 12.8 Å². The van der Waals surface area contributed by atoms with E-state index in [1.54, 1.807) is 0 Å². The number of rotatable bonds is 0. The van der Waals surface area contributed by atoms with Gasteiger partial charge in [-0.25, -0.2) is 0 Å². The number of hydrogen-bond acceptors (Lipinski definition) is 3. The topological polar surface area (TPSA) is 17.1 Å². The van der Waals surface area contributed by atoms with Crippen molar-refractivity contribution in [3.8, 4) is 0 Å². The minimum atomic E-state index is 0.271. The quantitative estimate of drug-likeness (QED) is 0.591. The van der Waals surface area contributed by atoms with Gasteiger partial charge < -0.3 is 0 Å². The van der Waals surface area contributed by atoms with E-state index in [1.807, 2.05) is 0 Å². The minimum absolute atomic E-state index is 0.271. The van der Waals surface area contributed by atoms with E-state index in [4.69, 9.17) is 0 Å². The van der Waals surface area contributed by atoms with Crippen LogP contribution in [0.2, 0.25) is 0 Å². The van der Waals surface area contributed by atoms with E-state index in [0.29, 0.717) is 11.7 Å². The summed E-state index contributed by atoms with van der Waals surface area (Å²) >= 11 is 4.15. The fraction of sp³-hybridized carbons (Fsp3) is 0.727. The number of thioether (sulfide) groups is 2. The van der Waals surface area contributed by atoms with Gasteiger partial charge >= 0.3 is 0 Å². The molecule has 14 heavy (non-hydrogen) atoms. The zero-order valence-electron chi connectivity index (χ0n) is 8.07. The second kappa shape index (κ2) is 3.31. The molecule has 3 rings (SSSR count). The van der Waals surface area contributed by atoms with Crippen LogP contribution in [-0.2, 0) is 4.79 Å². The molecule has 0 radical (unpaired) electrons. The van der Waals surface area contributed by atoms with Gasteiger partial charge in [-0.05, 0) is 30.3 Å². The molecule has 1 heterocycles. The summed E-state index contributed by atoms with van der Waals surface area (Å²) in [6.45, 7) is 0. The Hall–Kier alpha value is 0.110. The van der Waals surface area contributed by atoms with Crippen LogP contribution >= 0.6 is 23.5 Å². The van der Waals surface area contributed by atoms with Crippen molar-refractivity contribution in [3.63, 3.8) is 0 Å². The van der Waals surface area contributed by atoms with Crippen molar-refractivity contribution >= 4 is 29.3 Å². The Bertz CT molecular complexity index is 292. The third-order valence-electron chi connectivity index (χ3n) is 3.50. The Balaban J connectivity index is 1.89. The molecule has 1 saturated heterocycles.